The minimum absolute atomic E-state index is 0.0833. The molecule has 2 fully saturated rings. The molecule has 1 aliphatic heterocycles. The molecule has 1 saturated carbocycles. The van der Waals surface area contributed by atoms with Gasteiger partial charge < -0.3 is 0 Å². The van der Waals surface area contributed by atoms with E-state index in [9.17, 15) is 9.59 Å². The van der Waals surface area contributed by atoms with E-state index in [1.807, 2.05) is 6.92 Å². The fourth-order valence-electron chi connectivity index (χ4n) is 3.10. The second-order valence-electron chi connectivity index (χ2n) is 5.17. The fourth-order valence-corrected chi connectivity index (χ4v) is 3.10. The summed E-state index contributed by atoms with van der Waals surface area (Å²) in [6, 6.07) is 1.54. The lowest BCUT2D eigenvalue weighted by molar-refractivity contribution is -0.142. The van der Waals surface area contributed by atoms with E-state index < -0.39 is 11.5 Å². The van der Waals surface area contributed by atoms with Crippen molar-refractivity contribution in [2.24, 2.45) is 5.41 Å². The van der Waals surface area contributed by atoms with Crippen molar-refractivity contribution in [2.75, 3.05) is 0 Å². The van der Waals surface area contributed by atoms with Crippen LogP contribution in [0.15, 0.2) is 0 Å². The number of rotatable bonds is 3. The van der Waals surface area contributed by atoms with Crippen LogP contribution in [0.1, 0.15) is 51.9 Å². The van der Waals surface area contributed by atoms with Crippen molar-refractivity contribution in [1.29, 1.82) is 5.26 Å². The summed E-state index contributed by atoms with van der Waals surface area (Å²) in [6.07, 6.45) is 5.41. The number of nitrogens with zero attached hydrogens (tertiary/aromatic N) is 2. The van der Waals surface area contributed by atoms with E-state index in [0.29, 0.717) is 12.8 Å². The zero-order valence-electron chi connectivity index (χ0n) is 10.2. The lowest BCUT2D eigenvalue weighted by Gasteiger charge is -2.23. The van der Waals surface area contributed by atoms with Gasteiger partial charge >= 0.3 is 0 Å². The molecule has 0 aromatic heterocycles. The zero-order valence-corrected chi connectivity index (χ0v) is 10.2. The third-order valence-corrected chi connectivity index (χ3v) is 4.01. The lowest BCUT2D eigenvalue weighted by atomic mass is 9.84. The Morgan fingerprint density at radius 2 is 2.06 bits per heavy atom. The van der Waals surface area contributed by atoms with Gasteiger partial charge in [0.1, 0.15) is 6.04 Å². The standard InChI is InChI=1S/C13H18N2O2/c1-2-5-10(9-14)15-11(16)8-13(12(15)17)6-3-4-7-13/h10H,2-8H2,1H3. The van der Waals surface area contributed by atoms with Crippen molar-refractivity contribution in [3.05, 3.63) is 0 Å². The predicted molar refractivity (Wildman–Crippen MR) is 61.7 cm³/mol. The Bertz CT molecular complexity index is 377. The predicted octanol–water partition coefficient (Wildman–Crippen LogP) is 2.00. The van der Waals surface area contributed by atoms with E-state index in [4.69, 9.17) is 5.26 Å². The van der Waals surface area contributed by atoms with E-state index >= 15 is 0 Å². The molecule has 2 rings (SSSR count). The van der Waals surface area contributed by atoms with Crippen LogP contribution in [-0.4, -0.2) is 22.8 Å². The summed E-state index contributed by atoms with van der Waals surface area (Å²) in [5.74, 6) is -0.225. The van der Waals surface area contributed by atoms with Crippen molar-refractivity contribution in [3.63, 3.8) is 0 Å². The molecule has 0 aromatic rings. The van der Waals surface area contributed by atoms with Gasteiger partial charge in [-0.15, -0.1) is 0 Å². The number of imide groups is 1. The maximum Gasteiger partial charge on any atom is 0.237 e. The van der Waals surface area contributed by atoms with E-state index in [0.717, 1.165) is 32.1 Å². The van der Waals surface area contributed by atoms with Crippen molar-refractivity contribution in [3.8, 4) is 6.07 Å². The van der Waals surface area contributed by atoms with Gasteiger partial charge in [-0.2, -0.15) is 5.26 Å². The summed E-state index contributed by atoms with van der Waals surface area (Å²) in [5.41, 5.74) is -0.445. The van der Waals surface area contributed by atoms with Gasteiger partial charge in [0.25, 0.3) is 0 Å². The smallest absolute Gasteiger partial charge is 0.237 e. The number of hydrogen-bond donors (Lipinski definition) is 0. The van der Waals surface area contributed by atoms with Gasteiger partial charge in [0.2, 0.25) is 11.8 Å². The summed E-state index contributed by atoms with van der Waals surface area (Å²) >= 11 is 0. The molecule has 4 nitrogen and oxygen atoms in total. The second-order valence-corrected chi connectivity index (χ2v) is 5.17. The molecular formula is C13H18N2O2. The minimum Gasteiger partial charge on any atom is -0.274 e. The van der Waals surface area contributed by atoms with Crippen molar-refractivity contribution in [2.45, 2.75) is 57.9 Å². The summed E-state index contributed by atoms with van der Waals surface area (Å²) in [4.78, 5) is 25.6. The molecule has 0 N–H and O–H groups in total. The summed E-state index contributed by atoms with van der Waals surface area (Å²) in [7, 11) is 0. The summed E-state index contributed by atoms with van der Waals surface area (Å²) in [6.45, 7) is 1.96. The molecule has 0 bridgehead atoms. The molecule has 1 heterocycles. The minimum atomic E-state index is -0.556. The van der Waals surface area contributed by atoms with E-state index in [-0.39, 0.29) is 11.8 Å². The number of nitriles is 1. The molecule has 1 spiro atoms. The van der Waals surface area contributed by atoms with Crippen molar-refractivity contribution in [1.82, 2.24) is 4.90 Å². The molecule has 92 valence electrons. The quantitative estimate of drug-likeness (QED) is 0.702. The normalized spacial score (nSPS) is 24.4. The molecule has 2 aliphatic rings. The van der Waals surface area contributed by atoms with E-state index in [2.05, 4.69) is 6.07 Å². The Kier molecular flexibility index (Phi) is 3.19. The van der Waals surface area contributed by atoms with Crippen LogP contribution >= 0.6 is 0 Å². The molecule has 4 heteroatoms. The van der Waals surface area contributed by atoms with Crippen LogP contribution in [0.4, 0.5) is 0 Å². The highest BCUT2D eigenvalue weighted by molar-refractivity contribution is 6.06. The van der Waals surface area contributed by atoms with Crippen LogP contribution in [0.2, 0.25) is 0 Å². The number of carbonyl (C=O) groups is 2. The molecule has 1 aliphatic carbocycles. The van der Waals surface area contributed by atoms with Crippen molar-refractivity contribution >= 4 is 11.8 Å². The van der Waals surface area contributed by atoms with Gasteiger partial charge in [0.15, 0.2) is 0 Å². The van der Waals surface area contributed by atoms with Crippen LogP contribution < -0.4 is 0 Å². The Morgan fingerprint density at radius 1 is 1.41 bits per heavy atom. The Morgan fingerprint density at radius 3 is 2.59 bits per heavy atom. The SMILES string of the molecule is CCCC(C#N)N1C(=O)CC2(CCCC2)C1=O. The highest BCUT2D eigenvalue weighted by Crippen LogP contribution is 2.47. The Hall–Kier alpha value is -1.37. The largest absolute Gasteiger partial charge is 0.274 e. The highest BCUT2D eigenvalue weighted by atomic mass is 16.2. The Labute approximate surface area is 102 Å². The molecule has 1 saturated heterocycles. The molecule has 1 atom stereocenters. The summed E-state index contributed by atoms with van der Waals surface area (Å²) < 4.78 is 0. The molecule has 1 unspecified atom stereocenters. The molecule has 0 aromatic carbocycles. The van der Waals surface area contributed by atoms with E-state index in [1.165, 1.54) is 4.90 Å². The van der Waals surface area contributed by atoms with Crippen molar-refractivity contribution < 1.29 is 9.59 Å². The summed E-state index contributed by atoms with van der Waals surface area (Å²) in [5, 5.41) is 9.09. The molecule has 0 radical (unpaired) electrons. The first-order valence-electron chi connectivity index (χ1n) is 6.41. The molecular weight excluding hydrogens is 216 g/mol. The van der Waals surface area contributed by atoms with Gasteiger partial charge in [-0.1, -0.05) is 26.2 Å². The lowest BCUT2D eigenvalue weighted by Crippen LogP contribution is -2.41. The zero-order chi connectivity index (χ0) is 12.5. The first kappa shape index (κ1) is 12.1. The topological polar surface area (TPSA) is 61.2 Å². The van der Waals surface area contributed by atoms with Gasteiger partial charge in [0.05, 0.1) is 11.5 Å². The number of hydrogen-bond acceptors (Lipinski definition) is 3. The van der Waals surface area contributed by atoms with Gasteiger partial charge in [-0.25, -0.2) is 0 Å². The van der Waals surface area contributed by atoms with Crippen LogP contribution in [0.5, 0.6) is 0 Å². The maximum absolute atomic E-state index is 12.4. The number of carbonyl (C=O) groups excluding carboxylic acids is 2. The highest BCUT2D eigenvalue weighted by Gasteiger charge is 2.54. The van der Waals surface area contributed by atoms with Crippen LogP contribution in [0.25, 0.3) is 0 Å². The molecule has 2 amide bonds. The fraction of sp³-hybridized carbons (Fsp3) is 0.769. The first-order chi connectivity index (χ1) is 8.14. The van der Waals surface area contributed by atoms with Crippen LogP contribution in [0.3, 0.4) is 0 Å². The number of likely N-dealkylation sites (tertiary alicyclic amines) is 1. The monoisotopic (exact) mass is 234 g/mol. The first-order valence-corrected chi connectivity index (χ1v) is 6.41. The van der Waals surface area contributed by atoms with Gasteiger partial charge in [-0.05, 0) is 19.3 Å². The second kappa shape index (κ2) is 4.48. The van der Waals surface area contributed by atoms with Gasteiger partial charge in [0, 0.05) is 6.42 Å². The number of amides is 2. The Balaban J connectivity index is 2.22. The van der Waals surface area contributed by atoms with E-state index in [1.54, 1.807) is 0 Å². The third-order valence-electron chi connectivity index (χ3n) is 4.01. The van der Waals surface area contributed by atoms with Crippen LogP contribution in [-0.2, 0) is 9.59 Å². The average molecular weight is 234 g/mol. The average Bonchev–Trinajstić information content (AvgIpc) is 2.85. The third kappa shape index (κ3) is 1.84. The molecule has 17 heavy (non-hydrogen) atoms. The maximum atomic E-state index is 12.4. The van der Waals surface area contributed by atoms with Crippen LogP contribution in [0, 0.1) is 16.7 Å². The van der Waals surface area contributed by atoms with Gasteiger partial charge in [-0.3, -0.25) is 14.5 Å².